The lowest BCUT2D eigenvalue weighted by Crippen LogP contribution is -2.41. The fourth-order valence-electron chi connectivity index (χ4n) is 1.40. The van der Waals surface area contributed by atoms with Crippen LogP contribution in [0.3, 0.4) is 0 Å². The van der Waals surface area contributed by atoms with Crippen molar-refractivity contribution in [2.24, 2.45) is 0 Å². The SMILES string of the molecule is Cc1n[nH]nc1C(=O)N1CCOCC1. The van der Waals surface area contributed by atoms with Crippen LogP contribution in [0.15, 0.2) is 0 Å². The van der Waals surface area contributed by atoms with Gasteiger partial charge in [0, 0.05) is 13.1 Å². The average molecular weight is 196 g/mol. The number of nitrogens with one attached hydrogen (secondary N) is 1. The van der Waals surface area contributed by atoms with Crippen molar-refractivity contribution in [3.8, 4) is 0 Å². The number of aromatic amines is 1. The van der Waals surface area contributed by atoms with Crippen molar-refractivity contribution in [3.05, 3.63) is 11.4 Å². The summed E-state index contributed by atoms with van der Waals surface area (Å²) in [5.41, 5.74) is 1.05. The van der Waals surface area contributed by atoms with Crippen molar-refractivity contribution in [1.29, 1.82) is 0 Å². The number of nitrogens with zero attached hydrogens (tertiary/aromatic N) is 3. The Morgan fingerprint density at radius 1 is 1.43 bits per heavy atom. The summed E-state index contributed by atoms with van der Waals surface area (Å²) in [7, 11) is 0. The molecule has 76 valence electrons. The van der Waals surface area contributed by atoms with Crippen LogP contribution in [-0.4, -0.2) is 52.5 Å². The Kier molecular flexibility index (Phi) is 2.45. The van der Waals surface area contributed by atoms with Gasteiger partial charge in [0.25, 0.3) is 5.91 Å². The molecule has 0 aromatic carbocycles. The minimum absolute atomic E-state index is 0.0699. The molecular formula is C8H12N4O2. The van der Waals surface area contributed by atoms with Gasteiger partial charge in [0.05, 0.1) is 18.9 Å². The van der Waals surface area contributed by atoms with Crippen LogP contribution in [0.2, 0.25) is 0 Å². The monoisotopic (exact) mass is 196 g/mol. The smallest absolute Gasteiger partial charge is 0.276 e. The second-order valence-electron chi connectivity index (χ2n) is 3.16. The van der Waals surface area contributed by atoms with E-state index in [-0.39, 0.29) is 5.91 Å². The topological polar surface area (TPSA) is 71.1 Å². The normalized spacial score (nSPS) is 17.1. The van der Waals surface area contributed by atoms with E-state index in [1.807, 2.05) is 0 Å². The lowest BCUT2D eigenvalue weighted by Gasteiger charge is -2.25. The zero-order valence-electron chi connectivity index (χ0n) is 7.99. The molecule has 1 saturated heterocycles. The molecule has 0 atom stereocenters. The number of aryl methyl sites for hydroxylation is 1. The van der Waals surface area contributed by atoms with Crippen molar-refractivity contribution in [3.63, 3.8) is 0 Å². The average Bonchev–Trinajstić information content (AvgIpc) is 2.65. The summed E-state index contributed by atoms with van der Waals surface area (Å²) in [5, 5.41) is 10.1. The van der Waals surface area contributed by atoms with Crippen LogP contribution in [0.1, 0.15) is 16.2 Å². The van der Waals surface area contributed by atoms with E-state index >= 15 is 0 Å². The molecule has 6 heteroatoms. The fraction of sp³-hybridized carbons (Fsp3) is 0.625. The van der Waals surface area contributed by atoms with Gasteiger partial charge in [0.15, 0.2) is 5.69 Å². The molecule has 14 heavy (non-hydrogen) atoms. The van der Waals surface area contributed by atoms with Gasteiger partial charge in [-0.15, -0.1) is 0 Å². The predicted octanol–water partition coefficient (Wildman–Crippen LogP) is -0.414. The molecule has 6 nitrogen and oxygen atoms in total. The van der Waals surface area contributed by atoms with E-state index in [0.717, 1.165) is 0 Å². The van der Waals surface area contributed by atoms with Crippen LogP contribution in [0.25, 0.3) is 0 Å². The molecular weight excluding hydrogens is 184 g/mol. The molecule has 0 radical (unpaired) electrons. The molecule has 1 N–H and O–H groups in total. The van der Waals surface area contributed by atoms with Crippen LogP contribution in [0.4, 0.5) is 0 Å². The van der Waals surface area contributed by atoms with E-state index in [0.29, 0.717) is 37.7 Å². The van der Waals surface area contributed by atoms with E-state index in [4.69, 9.17) is 4.74 Å². The van der Waals surface area contributed by atoms with Crippen LogP contribution in [0.5, 0.6) is 0 Å². The zero-order valence-corrected chi connectivity index (χ0v) is 7.99. The predicted molar refractivity (Wildman–Crippen MR) is 47.8 cm³/mol. The lowest BCUT2D eigenvalue weighted by atomic mass is 10.3. The van der Waals surface area contributed by atoms with Gasteiger partial charge in [-0.1, -0.05) is 0 Å². The number of H-pyrrole nitrogens is 1. The fourth-order valence-corrected chi connectivity index (χ4v) is 1.40. The lowest BCUT2D eigenvalue weighted by molar-refractivity contribution is 0.0298. The van der Waals surface area contributed by atoms with Gasteiger partial charge in [-0.3, -0.25) is 4.79 Å². The van der Waals surface area contributed by atoms with Crippen molar-refractivity contribution in [2.75, 3.05) is 26.3 Å². The number of morpholine rings is 1. The number of carbonyl (C=O) groups excluding carboxylic acids is 1. The van der Waals surface area contributed by atoms with Crippen LogP contribution in [-0.2, 0) is 4.74 Å². The molecule has 0 spiro atoms. The second-order valence-corrected chi connectivity index (χ2v) is 3.16. The van der Waals surface area contributed by atoms with Gasteiger partial charge in [-0.25, -0.2) is 0 Å². The molecule has 1 fully saturated rings. The molecule has 1 aliphatic rings. The number of hydrogen-bond acceptors (Lipinski definition) is 4. The summed E-state index contributed by atoms with van der Waals surface area (Å²) >= 11 is 0. The Labute approximate surface area is 81.2 Å². The maximum absolute atomic E-state index is 11.8. The van der Waals surface area contributed by atoms with E-state index < -0.39 is 0 Å². The highest BCUT2D eigenvalue weighted by Gasteiger charge is 2.22. The molecule has 1 aliphatic heterocycles. The third kappa shape index (κ3) is 1.60. The van der Waals surface area contributed by atoms with E-state index in [9.17, 15) is 4.79 Å². The maximum Gasteiger partial charge on any atom is 0.276 e. The number of amides is 1. The molecule has 0 aliphatic carbocycles. The van der Waals surface area contributed by atoms with Crippen LogP contribution in [0, 0.1) is 6.92 Å². The largest absolute Gasteiger partial charge is 0.378 e. The molecule has 0 bridgehead atoms. The summed E-state index contributed by atoms with van der Waals surface area (Å²) in [4.78, 5) is 13.6. The molecule has 0 saturated carbocycles. The van der Waals surface area contributed by atoms with Gasteiger partial charge in [0.2, 0.25) is 0 Å². The number of carbonyl (C=O) groups is 1. The van der Waals surface area contributed by atoms with Crippen molar-refractivity contribution in [1.82, 2.24) is 20.3 Å². The zero-order chi connectivity index (χ0) is 9.97. The van der Waals surface area contributed by atoms with Gasteiger partial charge in [-0.2, -0.15) is 15.4 Å². The molecule has 0 unspecified atom stereocenters. The van der Waals surface area contributed by atoms with E-state index in [1.165, 1.54) is 0 Å². The molecule has 2 rings (SSSR count). The van der Waals surface area contributed by atoms with Crippen LogP contribution < -0.4 is 0 Å². The Balaban J connectivity index is 2.11. The third-order valence-electron chi connectivity index (χ3n) is 2.22. The standard InChI is InChI=1S/C8H12N4O2/c1-6-7(10-11-9-6)8(13)12-2-4-14-5-3-12/h2-5H2,1H3,(H,9,10,11). The first-order chi connectivity index (χ1) is 6.79. The van der Waals surface area contributed by atoms with Gasteiger partial charge in [-0.05, 0) is 6.92 Å². The van der Waals surface area contributed by atoms with E-state index in [1.54, 1.807) is 11.8 Å². The number of rotatable bonds is 1. The Morgan fingerprint density at radius 3 is 2.71 bits per heavy atom. The highest BCUT2D eigenvalue weighted by molar-refractivity contribution is 5.93. The van der Waals surface area contributed by atoms with Crippen molar-refractivity contribution in [2.45, 2.75) is 6.92 Å². The van der Waals surface area contributed by atoms with Gasteiger partial charge < -0.3 is 9.64 Å². The number of hydrogen-bond donors (Lipinski definition) is 1. The first-order valence-corrected chi connectivity index (χ1v) is 4.53. The maximum atomic E-state index is 11.8. The molecule has 2 heterocycles. The highest BCUT2D eigenvalue weighted by Crippen LogP contribution is 2.06. The summed E-state index contributed by atoms with van der Waals surface area (Å²) in [6, 6.07) is 0. The molecule has 1 aromatic rings. The minimum atomic E-state index is -0.0699. The third-order valence-corrected chi connectivity index (χ3v) is 2.22. The molecule has 1 aromatic heterocycles. The van der Waals surface area contributed by atoms with Crippen LogP contribution >= 0.6 is 0 Å². The second kappa shape index (κ2) is 3.75. The molecule has 1 amide bonds. The van der Waals surface area contributed by atoms with Crippen molar-refractivity contribution < 1.29 is 9.53 Å². The summed E-state index contributed by atoms with van der Waals surface area (Å²) in [5.74, 6) is -0.0699. The Morgan fingerprint density at radius 2 is 2.14 bits per heavy atom. The highest BCUT2D eigenvalue weighted by atomic mass is 16.5. The van der Waals surface area contributed by atoms with Gasteiger partial charge >= 0.3 is 0 Å². The number of ether oxygens (including phenoxy) is 1. The first-order valence-electron chi connectivity index (χ1n) is 4.53. The summed E-state index contributed by atoms with van der Waals surface area (Å²) < 4.78 is 5.16. The first kappa shape index (κ1) is 9.14. The summed E-state index contributed by atoms with van der Waals surface area (Å²) in [6.45, 7) is 4.22. The van der Waals surface area contributed by atoms with Crippen molar-refractivity contribution >= 4 is 5.91 Å². The summed E-state index contributed by atoms with van der Waals surface area (Å²) in [6.07, 6.45) is 0. The number of aromatic nitrogens is 3. The van der Waals surface area contributed by atoms with E-state index in [2.05, 4.69) is 15.4 Å². The minimum Gasteiger partial charge on any atom is -0.378 e. The quantitative estimate of drug-likeness (QED) is 0.662. The van der Waals surface area contributed by atoms with Gasteiger partial charge in [0.1, 0.15) is 0 Å². The Bertz CT molecular complexity index is 330. The Hall–Kier alpha value is -1.43.